The van der Waals surface area contributed by atoms with Crippen molar-refractivity contribution in [3.63, 3.8) is 0 Å². The van der Waals surface area contributed by atoms with Crippen LogP contribution in [0, 0.1) is 0 Å². The van der Waals surface area contributed by atoms with Crippen molar-refractivity contribution in [2.45, 2.75) is 69.8 Å². The van der Waals surface area contributed by atoms with Gasteiger partial charge < -0.3 is 30.3 Å². The van der Waals surface area contributed by atoms with Crippen LogP contribution in [0.25, 0.3) is 0 Å². The zero-order valence-electron chi connectivity index (χ0n) is 24.1. The molecule has 0 bridgehead atoms. The van der Waals surface area contributed by atoms with Crippen molar-refractivity contribution in [1.82, 2.24) is 0 Å². The summed E-state index contributed by atoms with van der Waals surface area (Å²) < 4.78 is 6.17. The van der Waals surface area contributed by atoms with Crippen molar-refractivity contribution in [3.05, 3.63) is 107 Å². The van der Waals surface area contributed by atoms with Crippen LogP contribution < -0.4 is 4.74 Å². The molecule has 43 heavy (non-hydrogen) atoms. The normalized spacial score (nSPS) is 15.9. The Balaban J connectivity index is 1.27. The molecule has 2 unspecified atom stereocenters. The second-order valence-electron chi connectivity index (χ2n) is 11.3. The van der Waals surface area contributed by atoms with E-state index in [0.717, 1.165) is 50.2 Å². The smallest absolute Gasteiger partial charge is 0.170 e. The van der Waals surface area contributed by atoms with Crippen molar-refractivity contribution in [3.8, 4) is 34.5 Å². The third-order valence-electron chi connectivity index (χ3n) is 8.24. The number of hydrogen-bond acceptors (Lipinski definition) is 7. The molecule has 0 aromatic heterocycles. The largest absolute Gasteiger partial charge is 0.508 e. The van der Waals surface area contributed by atoms with E-state index in [1.165, 1.54) is 17.7 Å². The number of hydrogen-bond donors (Lipinski definition) is 5. The first kappa shape index (κ1) is 29.8. The quantitative estimate of drug-likeness (QED) is 0.0845. The first-order valence-corrected chi connectivity index (χ1v) is 14.9. The lowest BCUT2D eigenvalue weighted by Gasteiger charge is -2.33. The number of aryl methyl sites for hydroxylation is 1. The van der Waals surface area contributed by atoms with Crippen LogP contribution in [0.15, 0.2) is 78.9 Å². The van der Waals surface area contributed by atoms with E-state index >= 15 is 0 Å². The SMILES string of the molecule is O=C(CCCCCCCCc1ccccc1)c1c(O)cc(O)c(C2CC(c3ccc(O)cc3)Oc3cc(O)ccc32)c1O. The van der Waals surface area contributed by atoms with E-state index in [2.05, 4.69) is 24.3 Å². The summed E-state index contributed by atoms with van der Waals surface area (Å²) in [6, 6.07) is 22.7. The van der Waals surface area contributed by atoms with Gasteiger partial charge in [-0.15, -0.1) is 0 Å². The summed E-state index contributed by atoms with van der Waals surface area (Å²) in [5, 5.41) is 52.8. The minimum absolute atomic E-state index is 0.00457. The van der Waals surface area contributed by atoms with Gasteiger partial charge >= 0.3 is 0 Å². The number of fused-ring (bicyclic) bond motifs is 1. The third kappa shape index (κ3) is 7.05. The van der Waals surface area contributed by atoms with Crippen molar-refractivity contribution in [2.75, 3.05) is 0 Å². The second-order valence-corrected chi connectivity index (χ2v) is 11.3. The Morgan fingerprint density at radius 3 is 2.14 bits per heavy atom. The Labute approximate surface area is 251 Å². The van der Waals surface area contributed by atoms with Crippen LogP contribution in [0.5, 0.6) is 34.5 Å². The number of phenolic OH excluding ortho intramolecular Hbond substituents is 5. The van der Waals surface area contributed by atoms with Gasteiger partial charge in [-0.25, -0.2) is 0 Å². The van der Waals surface area contributed by atoms with Crippen molar-refractivity contribution < 1.29 is 35.1 Å². The van der Waals surface area contributed by atoms with E-state index < -0.39 is 23.5 Å². The number of Topliss-reactive ketones (excluding diaryl/α,β-unsaturated/α-hetero) is 1. The predicted octanol–water partition coefficient (Wildman–Crippen LogP) is 8.03. The number of phenols is 5. The molecule has 4 aromatic rings. The number of benzene rings is 4. The van der Waals surface area contributed by atoms with Crippen LogP contribution in [-0.2, 0) is 6.42 Å². The van der Waals surface area contributed by atoms with Crippen LogP contribution in [-0.4, -0.2) is 31.3 Å². The lowest BCUT2D eigenvalue weighted by molar-refractivity contribution is 0.0973. The number of aromatic hydroxyl groups is 5. The lowest BCUT2D eigenvalue weighted by Crippen LogP contribution is -2.20. The highest BCUT2D eigenvalue weighted by atomic mass is 16.5. The molecule has 1 heterocycles. The molecule has 0 fully saturated rings. The highest BCUT2D eigenvalue weighted by Gasteiger charge is 2.36. The zero-order valence-corrected chi connectivity index (χ0v) is 24.1. The predicted molar refractivity (Wildman–Crippen MR) is 164 cm³/mol. The van der Waals surface area contributed by atoms with Crippen LogP contribution in [0.1, 0.15) is 96.0 Å². The molecule has 7 nitrogen and oxygen atoms in total. The molecule has 5 rings (SSSR count). The van der Waals surface area contributed by atoms with Crippen LogP contribution in [0.4, 0.5) is 0 Å². The molecule has 5 N–H and O–H groups in total. The Kier molecular flexibility index (Phi) is 9.40. The Hall–Kier alpha value is -4.65. The molecule has 2 atom stereocenters. The zero-order chi connectivity index (χ0) is 30.3. The molecule has 1 aliphatic heterocycles. The summed E-state index contributed by atoms with van der Waals surface area (Å²) in [6.07, 6.45) is 6.85. The van der Waals surface area contributed by atoms with Crippen molar-refractivity contribution in [1.29, 1.82) is 0 Å². The van der Waals surface area contributed by atoms with E-state index in [4.69, 9.17) is 4.74 Å². The van der Waals surface area contributed by atoms with E-state index in [0.29, 0.717) is 24.2 Å². The summed E-state index contributed by atoms with van der Waals surface area (Å²) in [5.74, 6) is -1.75. The molecule has 224 valence electrons. The van der Waals surface area contributed by atoms with Gasteiger partial charge in [0.05, 0.1) is 0 Å². The number of carbonyl (C=O) groups is 1. The van der Waals surface area contributed by atoms with Gasteiger partial charge in [0.2, 0.25) is 0 Å². The topological polar surface area (TPSA) is 127 Å². The summed E-state index contributed by atoms with van der Waals surface area (Å²) in [6.45, 7) is 0. The van der Waals surface area contributed by atoms with Gasteiger partial charge in [0, 0.05) is 35.6 Å². The van der Waals surface area contributed by atoms with E-state index in [1.54, 1.807) is 30.3 Å². The standard InChI is InChI=1S/C36H38O7/c37-25-16-14-24(15-17-25)32-21-28(27-19-18-26(38)20-33(27)43-32)34-30(40)22-31(41)35(36(34)42)29(39)13-9-4-2-1-3-6-10-23-11-7-5-8-12-23/h5,7-8,11-12,14-20,22,28,32,37-38,40-42H,1-4,6,9-10,13,21H2. The molecule has 1 aliphatic rings. The molecular formula is C36H38O7. The van der Waals surface area contributed by atoms with Crippen LogP contribution >= 0.6 is 0 Å². The molecule has 4 aromatic carbocycles. The molecule has 7 heteroatoms. The third-order valence-corrected chi connectivity index (χ3v) is 8.24. The van der Waals surface area contributed by atoms with Crippen LogP contribution in [0.3, 0.4) is 0 Å². The Morgan fingerprint density at radius 2 is 1.40 bits per heavy atom. The number of unbranched alkanes of at least 4 members (excludes halogenated alkanes) is 5. The fraction of sp³-hybridized carbons (Fsp3) is 0.306. The molecule has 0 radical (unpaired) electrons. The first-order valence-electron chi connectivity index (χ1n) is 14.9. The number of ether oxygens (including phenoxy) is 1. The monoisotopic (exact) mass is 582 g/mol. The maximum Gasteiger partial charge on any atom is 0.170 e. The van der Waals surface area contributed by atoms with Gasteiger partial charge in [0.25, 0.3) is 0 Å². The van der Waals surface area contributed by atoms with Gasteiger partial charge in [0.1, 0.15) is 46.2 Å². The van der Waals surface area contributed by atoms with Gasteiger partial charge in [-0.1, -0.05) is 74.2 Å². The van der Waals surface area contributed by atoms with E-state index in [1.807, 2.05) is 6.07 Å². The van der Waals surface area contributed by atoms with E-state index in [-0.39, 0.29) is 40.6 Å². The number of ketones is 1. The van der Waals surface area contributed by atoms with Gasteiger partial charge in [0.15, 0.2) is 5.78 Å². The molecule has 0 amide bonds. The average Bonchev–Trinajstić information content (AvgIpc) is 2.98. The van der Waals surface area contributed by atoms with Gasteiger partial charge in [-0.05, 0) is 55.0 Å². The molecule has 0 spiro atoms. The Morgan fingerprint density at radius 1 is 0.721 bits per heavy atom. The Bertz CT molecular complexity index is 1550. The number of carbonyl (C=O) groups excluding carboxylic acids is 1. The van der Waals surface area contributed by atoms with E-state index in [9.17, 15) is 30.3 Å². The fourth-order valence-corrected chi connectivity index (χ4v) is 5.99. The number of rotatable bonds is 12. The summed E-state index contributed by atoms with van der Waals surface area (Å²) in [4.78, 5) is 13.2. The lowest BCUT2D eigenvalue weighted by atomic mass is 9.80. The second kappa shape index (κ2) is 13.6. The molecular weight excluding hydrogens is 544 g/mol. The maximum atomic E-state index is 13.2. The minimum Gasteiger partial charge on any atom is -0.508 e. The first-order chi connectivity index (χ1) is 20.8. The highest BCUT2D eigenvalue weighted by Crippen LogP contribution is 2.52. The van der Waals surface area contributed by atoms with Crippen molar-refractivity contribution in [2.24, 2.45) is 0 Å². The molecule has 0 aliphatic carbocycles. The summed E-state index contributed by atoms with van der Waals surface area (Å²) >= 11 is 0. The average molecular weight is 583 g/mol. The van der Waals surface area contributed by atoms with Gasteiger partial charge in [-0.2, -0.15) is 0 Å². The van der Waals surface area contributed by atoms with Crippen LogP contribution in [0.2, 0.25) is 0 Å². The van der Waals surface area contributed by atoms with Crippen molar-refractivity contribution >= 4 is 5.78 Å². The summed E-state index contributed by atoms with van der Waals surface area (Å²) in [5.41, 5.74) is 2.65. The summed E-state index contributed by atoms with van der Waals surface area (Å²) in [7, 11) is 0. The maximum absolute atomic E-state index is 13.2. The highest BCUT2D eigenvalue weighted by molar-refractivity contribution is 6.02. The van der Waals surface area contributed by atoms with Gasteiger partial charge in [-0.3, -0.25) is 4.79 Å². The molecule has 0 saturated heterocycles. The molecule has 0 saturated carbocycles. The fourth-order valence-electron chi connectivity index (χ4n) is 5.99. The minimum atomic E-state index is -0.605.